The molecule has 9 heteroatoms. The van der Waals surface area contributed by atoms with E-state index < -0.39 is 15.8 Å². The van der Waals surface area contributed by atoms with Crippen LogP contribution >= 0.6 is 15.9 Å². The minimum absolute atomic E-state index is 0.00989. The molecule has 0 saturated carbocycles. The van der Waals surface area contributed by atoms with Gasteiger partial charge in [-0.25, -0.2) is 12.8 Å². The molecular formula is C17H19BrFNO5S. The van der Waals surface area contributed by atoms with E-state index in [9.17, 15) is 12.8 Å². The van der Waals surface area contributed by atoms with Gasteiger partial charge in [-0.3, -0.25) is 0 Å². The van der Waals surface area contributed by atoms with Crippen molar-refractivity contribution in [3.8, 4) is 17.2 Å². The molecule has 0 amide bonds. The Morgan fingerprint density at radius 3 is 2.12 bits per heavy atom. The van der Waals surface area contributed by atoms with Gasteiger partial charge in [-0.05, 0) is 39.7 Å². The third-order valence-electron chi connectivity index (χ3n) is 3.75. The molecule has 0 aliphatic rings. The first-order valence-electron chi connectivity index (χ1n) is 7.44. The molecule has 0 radical (unpaired) electrons. The monoisotopic (exact) mass is 447 g/mol. The molecule has 0 saturated heterocycles. The summed E-state index contributed by atoms with van der Waals surface area (Å²) >= 11 is 3.25. The van der Waals surface area contributed by atoms with Crippen LogP contribution in [0.4, 0.5) is 4.39 Å². The van der Waals surface area contributed by atoms with Crippen LogP contribution in [0.15, 0.2) is 39.7 Å². The second kappa shape index (κ2) is 8.24. The molecule has 0 bridgehead atoms. The molecule has 0 spiro atoms. The molecule has 0 fully saturated rings. The summed E-state index contributed by atoms with van der Waals surface area (Å²) in [5, 5.41) is 0. The third-order valence-corrected chi connectivity index (χ3v) is 6.51. The minimum atomic E-state index is -3.86. The molecule has 0 aliphatic carbocycles. The Morgan fingerprint density at radius 1 is 1.00 bits per heavy atom. The molecule has 142 valence electrons. The van der Waals surface area contributed by atoms with Crippen molar-refractivity contribution in [2.75, 3.05) is 28.4 Å². The number of nitrogens with zero attached hydrogens (tertiary/aromatic N) is 1. The van der Waals surface area contributed by atoms with Crippen LogP contribution in [0.1, 0.15) is 5.56 Å². The summed E-state index contributed by atoms with van der Waals surface area (Å²) in [7, 11) is 1.81. The summed E-state index contributed by atoms with van der Waals surface area (Å²) in [4.78, 5) is 0.0200. The minimum Gasteiger partial charge on any atom is -0.494 e. The van der Waals surface area contributed by atoms with Gasteiger partial charge in [0.1, 0.15) is 4.90 Å². The average molecular weight is 448 g/mol. The predicted octanol–water partition coefficient (Wildman–Crippen LogP) is 3.43. The van der Waals surface area contributed by atoms with Crippen molar-refractivity contribution in [3.05, 3.63) is 46.2 Å². The van der Waals surface area contributed by atoms with Gasteiger partial charge in [0.05, 0.1) is 21.3 Å². The summed E-state index contributed by atoms with van der Waals surface area (Å²) in [5.74, 6) is 0.237. The number of halogens is 2. The molecular weight excluding hydrogens is 429 g/mol. The van der Waals surface area contributed by atoms with E-state index in [2.05, 4.69) is 15.9 Å². The predicted molar refractivity (Wildman–Crippen MR) is 98.9 cm³/mol. The molecule has 0 aromatic heterocycles. The van der Waals surface area contributed by atoms with Gasteiger partial charge < -0.3 is 14.2 Å². The fraction of sp³-hybridized carbons (Fsp3) is 0.294. The van der Waals surface area contributed by atoms with E-state index in [0.29, 0.717) is 15.8 Å². The zero-order chi connectivity index (χ0) is 19.5. The number of sulfonamides is 1. The van der Waals surface area contributed by atoms with E-state index >= 15 is 0 Å². The van der Waals surface area contributed by atoms with Gasteiger partial charge in [0.2, 0.25) is 10.0 Å². The highest BCUT2D eigenvalue weighted by Crippen LogP contribution is 2.36. The molecule has 2 rings (SSSR count). The molecule has 0 unspecified atom stereocenters. The first-order valence-corrected chi connectivity index (χ1v) is 9.68. The third kappa shape index (κ3) is 4.11. The van der Waals surface area contributed by atoms with Gasteiger partial charge in [0, 0.05) is 24.1 Å². The topological polar surface area (TPSA) is 65.1 Å². The Morgan fingerprint density at radius 2 is 1.58 bits per heavy atom. The maximum Gasteiger partial charge on any atom is 0.244 e. The summed E-state index contributed by atoms with van der Waals surface area (Å²) in [5.41, 5.74) is 0.492. The second-order valence-corrected chi connectivity index (χ2v) is 8.24. The molecule has 26 heavy (non-hydrogen) atoms. The van der Waals surface area contributed by atoms with Crippen molar-refractivity contribution < 1.29 is 27.0 Å². The molecule has 0 atom stereocenters. The van der Waals surface area contributed by atoms with E-state index in [4.69, 9.17) is 14.2 Å². The van der Waals surface area contributed by atoms with Gasteiger partial charge >= 0.3 is 0 Å². The number of methoxy groups -OCH3 is 3. The van der Waals surface area contributed by atoms with Crippen molar-refractivity contribution in [2.45, 2.75) is 11.4 Å². The molecule has 6 nitrogen and oxygen atoms in total. The molecule has 0 aliphatic heterocycles. The van der Waals surface area contributed by atoms with E-state index in [1.54, 1.807) is 6.07 Å². The summed E-state index contributed by atoms with van der Waals surface area (Å²) in [6.45, 7) is -0.00989. The van der Waals surface area contributed by atoms with Crippen LogP contribution in [0.25, 0.3) is 0 Å². The van der Waals surface area contributed by atoms with E-state index in [0.717, 1.165) is 4.31 Å². The van der Waals surface area contributed by atoms with Crippen LogP contribution in [0.3, 0.4) is 0 Å². The molecule has 0 N–H and O–H groups in total. The standard InChI is InChI=1S/C17H19BrFNO5S/c1-20(10-11-5-6-14(23-2)13(19)7-11)26(21,22)17-9-16(25-4)15(24-3)8-12(17)18/h5-9H,10H2,1-4H3. The Bertz CT molecular complexity index is 904. The largest absolute Gasteiger partial charge is 0.494 e. The Hall–Kier alpha value is -1.84. The fourth-order valence-electron chi connectivity index (χ4n) is 2.35. The van der Waals surface area contributed by atoms with E-state index in [1.165, 1.54) is 52.6 Å². The smallest absolute Gasteiger partial charge is 0.244 e. The quantitative estimate of drug-likeness (QED) is 0.650. The van der Waals surface area contributed by atoms with Gasteiger partial charge in [0.15, 0.2) is 23.1 Å². The van der Waals surface area contributed by atoms with Crippen LogP contribution < -0.4 is 14.2 Å². The second-order valence-electron chi connectivity index (χ2n) is 5.37. The average Bonchev–Trinajstić information content (AvgIpc) is 2.61. The van der Waals surface area contributed by atoms with E-state index in [1.807, 2.05) is 0 Å². The summed E-state index contributed by atoms with van der Waals surface area (Å²) < 4.78 is 56.3. The van der Waals surface area contributed by atoms with Crippen molar-refractivity contribution in [2.24, 2.45) is 0 Å². The Labute approximate surface area is 160 Å². The first kappa shape index (κ1) is 20.5. The Kier molecular flexibility index (Phi) is 6.48. The lowest BCUT2D eigenvalue weighted by molar-refractivity contribution is 0.353. The van der Waals surface area contributed by atoms with Crippen molar-refractivity contribution in [1.29, 1.82) is 0 Å². The fourth-order valence-corrected chi connectivity index (χ4v) is 4.50. The number of hydrogen-bond donors (Lipinski definition) is 0. The normalized spacial score (nSPS) is 11.5. The Balaban J connectivity index is 2.36. The highest BCUT2D eigenvalue weighted by Gasteiger charge is 2.26. The molecule has 2 aromatic carbocycles. The van der Waals surface area contributed by atoms with Crippen LogP contribution in [0, 0.1) is 5.82 Å². The zero-order valence-corrected chi connectivity index (χ0v) is 17.1. The van der Waals surface area contributed by atoms with Gasteiger partial charge in [-0.15, -0.1) is 0 Å². The highest BCUT2D eigenvalue weighted by molar-refractivity contribution is 9.10. The number of rotatable bonds is 7. The summed E-state index contributed by atoms with van der Waals surface area (Å²) in [6.07, 6.45) is 0. The highest BCUT2D eigenvalue weighted by atomic mass is 79.9. The lowest BCUT2D eigenvalue weighted by atomic mass is 10.2. The lowest BCUT2D eigenvalue weighted by Crippen LogP contribution is -2.27. The van der Waals surface area contributed by atoms with Crippen molar-refractivity contribution in [3.63, 3.8) is 0 Å². The van der Waals surface area contributed by atoms with Crippen LogP contribution in [-0.2, 0) is 16.6 Å². The lowest BCUT2D eigenvalue weighted by Gasteiger charge is -2.20. The van der Waals surface area contributed by atoms with Gasteiger partial charge in [-0.2, -0.15) is 4.31 Å². The maximum atomic E-state index is 13.8. The van der Waals surface area contributed by atoms with Crippen molar-refractivity contribution >= 4 is 26.0 Å². The zero-order valence-electron chi connectivity index (χ0n) is 14.7. The molecule has 0 heterocycles. The van der Waals surface area contributed by atoms with E-state index in [-0.39, 0.29) is 22.9 Å². The first-order chi connectivity index (χ1) is 12.2. The number of hydrogen-bond acceptors (Lipinski definition) is 5. The summed E-state index contributed by atoms with van der Waals surface area (Å²) in [6, 6.07) is 7.21. The van der Waals surface area contributed by atoms with Crippen LogP contribution in [0.2, 0.25) is 0 Å². The van der Waals surface area contributed by atoms with Crippen molar-refractivity contribution in [1.82, 2.24) is 4.31 Å². The van der Waals surface area contributed by atoms with Gasteiger partial charge in [0.25, 0.3) is 0 Å². The molecule has 2 aromatic rings. The SMILES string of the molecule is COc1ccc(CN(C)S(=O)(=O)c2cc(OC)c(OC)cc2Br)cc1F. The number of benzene rings is 2. The van der Waals surface area contributed by atoms with Crippen LogP contribution in [-0.4, -0.2) is 41.1 Å². The van der Waals surface area contributed by atoms with Gasteiger partial charge in [-0.1, -0.05) is 6.07 Å². The number of ether oxygens (including phenoxy) is 3. The van der Waals surface area contributed by atoms with Crippen LogP contribution in [0.5, 0.6) is 17.2 Å². The maximum absolute atomic E-state index is 13.8.